The summed E-state index contributed by atoms with van der Waals surface area (Å²) in [6, 6.07) is 9.48. The number of aryl methyl sites for hydroxylation is 1. The van der Waals surface area contributed by atoms with Crippen LogP contribution in [0, 0.1) is 0 Å². The van der Waals surface area contributed by atoms with Crippen LogP contribution in [-0.2, 0) is 6.54 Å². The third kappa shape index (κ3) is 3.58. The lowest BCUT2D eigenvalue weighted by atomic mass is 10.2. The number of aromatic nitrogens is 2. The van der Waals surface area contributed by atoms with Crippen LogP contribution in [0.25, 0.3) is 0 Å². The minimum Gasteiger partial charge on any atom is -0.492 e. The van der Waals surface area contributed by atoms with Crippen molar-refractivity contribution in [3.05, 3.63) is 46.7 Å². The van der Waals surface area contributed by atoms with E-state index < -0.39 is 0 Å². The van der Waals surface area contributed by atoms with E-state index in [0.717, 1.165) is 28.9 Å². The molecule has 0 bridgehead atoms. The van der Waals surface area contributed by atoms with Crippen LogP contribution in [0.3, 0.4) is 0 Å². The minimum atomic E-state index is -0.205. The van der Waals surface area contributed by atoms with Crippen LogP contribution >= 0.6 is 15.9 Å². The van der Waals surface area contributed by atoms with Gasteiger partial charge in [-0.25, -0.2) is 0 Å². The van der Waals surface area contributed by atoms with Gasteiger partial charge in [0.1, 0.15) is 12.4 Å². The van der Waals surface area contributed by atoms with Gasteiger partial charge in [-0.1, -0.05) is 25.1 Å². The zero-order chi connectivity index (χ0) is 13.7. The third-order valence-electron chi connectivity index (χ3n) is 2.79. The molecule has 1 aromatic heterocycles. The summed E-state index contributed by atoms with van der Waals surface area (Å²) in [5.41, 5.74) is 7.19. The van der Waals surface area contributed by atoms with E-state index >= 15 is 0 Å². The first-order chi connectivity index (χ1) is 9.22. The standard InChI is InChI=1S/C14H18BrN3O/c1-2-8-18-14(12(15)9-17-18)13(16)10-19-11-6-4-3-5-7-11/h3-7,9,13H,2,8,10,16H2,1H3. The lowest BCUT2D eigenvalue weighted by molar-refractivity contribution is 0.283. The van der Waals surface area contributed by atoms with Crippen molar-refractivity contribution in [2.45, 2.75) is 25.9 Å². The Hall–Kier alpha value is -1.33. The largest absolute Gasteiger partial charge is 0.492 e. The zero-order valence-corrected chi connectivity index (χ0v) is 12.5. The van der Waals surface area contributed by atoms with Crippen LogP contribution in [-0.4, -0.2) is 16.4 Å². The van der Waals surface area contributed by atoms with Gasteiger partial charge >= 0.3 is 0 Å². The second-order valence-electron chi connectivity index (χ2n) is 4.33. The molecule has 0 saturated carbocycles. The van der Waals surface area contributed by atoms with Crippen molar-refractivity contribution in [3.63, 3.8) is 0 Å². The van der Waals surface area contributed by atoms with Gasteiger partial charge < -0.3 is 10.5 Å². The molecule has 0 fully saturated rings. The van der Waals surface area contributed by atoms with Crippen molar-refractivity contribution < 1.29 is 4.74 Å². The summed E-state index contributed by atoms with van der Waals surface area (Å²) in [6.45, 7) is 3.41. The molecule has 19 heavy (non-hydrogen) atoms. The van der Waals surface area contributed by atoms with Gasteiger partial charge in [0, 0.05) is 6.54 Å². The summed E-state index contributed by atoms with van der Waals surface area (Å²) in [5, 5.41) is 4.32. The number of rotatable bonds is 6. The molecule has 2 rings (SSSR count). The van der Waals surface area contributed by atoms with Crippen LogP contribution in [0.1, 0.15) is 25.1 Å². The molecule has 1 unspecified atom stereocenters. The number of nitrogens with zero attached hydrogens (tertiary/aromatic N) is 2. The molecule has 0 aliphatic heterocycles. The fourth-order valence-electron chi connectivity index (χ4n) is 1.91. The van der Waals surface area contributed by atoms with Crippen molar-refractivity contribution in [2.75, 3.05) is 6.61 Å². The van der Waals surface area contributed by atoms with E-state index in [1.807, 2.05) is 35.0 Å². The van der Waals surface area contributed by atoms with Gasteiger partial charge in [-0.2, -0.15) is 5.10 Å². The lowest BCUT2D eigenvalue weighted by Crippen LogP contribution is -2.23. The van der Waals surface area contributed by atoms with Gasteiger partial charge in [0.05, 0.1) is 22.4 Å². The Labute approximate surface area is 121 Å². The highest BCUT2D eigenvalue weighted by molar-refractivity contribution is 9.10. The number of halogens is 1. The Balaban J connectivity index is 2.03. The first-order valence-electron chi connectivity index (χ1n) is 6.37. The molecule has 2 N–H and O–H groups in total. The van der Waals surface area contributed by atoms with E-state index in [9.17, 15) is 0 Å². The summed E-state index contributed by atoms with van der Waals surface area (Å²) < 4.78 is 8.56. The number of hydrogen-bond acceptors (Lipinski definition) is 3. The van der Waals surface area contributed by atoms with Crippen molar-refractivity contribution in [2.24, 2.45) is 5.73 Å². The van der Waals surface area contributed by atoms with Crippen LogP contribution < -0.4 is 10.5 Å². The van der Waals surface area contributed by atoms with Crippen LogP contribution in [0.4, 0.5) is 0 Å². The molecule has 0 saturated heterocycles. The molecular weight excluding hydrogens is 306 g/mol. The van der Waals surface area contributed by atoms with Gasteiger partial charge in [0.2, 0.25) is 0 Å². The maximum atomic E-state index is 6.20. The lowest BCUT2D eigenvalue weighted by Gasteiger charge is -2.15. The Morgan fingerprint density at radius 3 is 2.79 bits per heavy atom. The minimum absolute atomic E-state index is 0.205. The normalized spacial score (nSPS) is 12.4. The van der Waals surface area contributed by atoms with E-state index in [2.05, 4.69) is 28.0 Å². The first-order valence-corrected chi connectivity index (χ1v) is 7.16. The zero-order valence-electron chi connectivity index (χ0n) is 10.9. The Bertz CT molecular complexity index is 513. The predicted octanol–water partition coefficient (Wildman–Crippen LogP) is 3.13. The number of hydrogen-bond donors (Lipinski definition) is 1. The second-order valence-corrected chi connectivity index (χ2v) is 5.19. The second kappa shape index (κ2) is 6.73. The van der Waals surface area contributed by atoms with Gasteiger partial charge in [0.15, 0.2) is 0 Å². The smallest absolute Gasteiger partial charge is 0.119 e. The van der Waals surface area contributed by atoms with Crippen molar-refractivity contribution in [3.8, 4) is 5.75 Å². The Morgan fingerprint density at radius 1 is 1.37 bits per heavy atom. The molecule has 2 aromatic rings. The molecule has 1 heterocycles. The maximum Gasteiger partial charge on any atom is 0.119 e. The summed E-state index contributed by atoms with van der Waals surface area (Å²) in [6.07, 6.45) is 2.81. The Kier molecular flexibility index (Phi) is 4.99. The highest BCUT2D eigenvalue weighted by Gasteiger charge is 2.16. The van der Waals surface area contributed by atoms with Crippen LogP contribution in [0.5, 0.6) is 5.75 Å². The summed E-state index contributed by atoms with van der Waals surface area (Å²) in [4.78, 5) is 0. The fraction of sp³-hybridized carbons (Fsp3) is 0.357. The highest BCUT2D eigenvalue weighted by atomic mass is 79.9. The molecule has 0 spiro atoms. The van der Waals surface area contributed by atoms with E-state index in [-0.39, 0.29) is 6.04 Å². The topological polar surface area (TPSA) is 53.1 Å². The van der Waals surface area contributed by atoms with Gasteiger partial charge in [0.25, 0.3) is 0 Å². The Morgan fingerprint density at radius 2 is 2.11 bits per heavy atom. The van der Waals surface area contributed by atoms with Gasteiger partial charge in [-0.15, -0.1) is 0 Å². The highest BCUT2D eigenvalue weighted by Crippen LogP contribution is 2.23. The number of benzene rings is 1. The number of ether oxygens (including phenoxy) is 1. The van der Waals surface area contributed by atoms with Crippen molar-refractivity contribution >= 4 is 15.9 Å². The summed E-state index contributed by atoms with van der Waals surface area (Å²) >= 11 is 3.50. The molecule has 0 amide bonds. The average Bonchev–Trinajstić information content (AvgIpc) is 2.79. The predicted molar refractivity (Wildman–Crippen MR) is 79.1 cm³/mol. The molecule has 5 heteroatoms. The molecule has 102 valence electrons. The molecule has 4 nitrogen and oxygen atoms in total. The average molecular weight is 324 g/mol. The van der Waals surface area contributed by atoms with E-state index in [1.165, 1.54) is 0 Å². The third-order valence-corrected chi connectivity index (χ3v) is 3.40. The molecule has 1 atom stereocenters. The quantitative estimate of drug-likeness (QED) is 0.888. The van der Waals surface area contributed by atoms with E-state index in [1.54, 1.807) is 6.20 Å². The molecule has 0 radical (unpaired) electrons. The van der Waals surface area contributed by atoms with Crippen LogP contribution in [0.2, 0.25) is 0 Å². The monoisotopic (exact) mass is 323 g/mol. The molecule has 1 aromatic carbocycles. The molecular formula is C14H18BrN3O. The molecule has 0 aliphatic rings. The van der Waals surface area contributed by atoms with Gasteiger partial charge in [-0.3, -0.25) is 4.68 Å². The summed E-state index contributed by atoms with van der Waals surface area (Å²) in [5.74, 6) is 0.829. The van der Waals surface area contributed by atoms with E-state index in [4.69, 9.17) is 10.5 Å². The van der Waals surface area contributed by atoms with E-state index in [0.29, 0.717) is 6.61 Å². The first kappa shape index (κ1) is 14.1. The fourth-order valence-corrected chi connectivity index (χ4v) is 2.50. The van der Waals surface area contributed by atoms with Crippen molar-refractivity contribution in [1.82, 2.24) is 9.78 Å². The van der Waals surface area contributed by atoms with Gasteiger partial charge in [-0.05, 0) is 34.5 Å². The van der Waals surface area contributed by atoms with Crippen LogP contribution in [0.15, 0.2) is 41.0 Å². The number of para-hydroxylation sites is 1. The van der Waals surface area contributed by atoms with Crippen molar-refractivity contribution in [1.29, 1.82) is 0 Å². The number of nitrogens with two attached hydrogens (primary N) is 1. The SMILES string of the molecule is CCCn1ncc(Br)c1C(N)COc1ccccc1. The summed E-state index contributed by atoms with van der Waals surface area (Å²) in [7, 11) is 0. The molecule has 0 aliphatic carbocycles. The maximum absolute atomic E-state index is 6.20.